The summed E-state index contributed by atoms with van der Waals surface area (Å²) in [6.45, 7) is 4.13. The molecule has 0 radical (unpaired) electrons. The van der Waals surface area contributed by atoms with Crippen molar-refractivity contribution in [3.63, 3.8) is 0 Å². The topological polar surface area (TPSA) is 20.2 Å². The van der Waals surface area contributed by atoms with Crippen molar-refractivity contribution in [3.05, 3.63) is 0 Å². The Morgan fingerprint density at radius 1 is 1.31 bits per heavy atom. The van der Waals surface area contributed by atoms with E-state index in [1.54, 1.807) is 0 Å². The molecule has 1 fully saturated rings. The largest absolute Gasteiger partial charge is 0.392 e. The van der Waals surface area contributed by atoms with Crippen LogP contribution in [-0.2, 0) is 0 Å². The molecule has 0 aliphatic heterocycles. The van der Waals surface area contributed by atoms with Gasteiger partial charge in [-0.2, -0.15) is 0 Å². The summed E-state index contributed by atoms with van der Waals surface area (Å²) in [6.07, 6.45) is 5.42. The van der Waals surface area contributed by atoms with E-state index in [9.17, 15) is 5.11 Å². The van der Waals surface area contributed by atoms with E-state index >= 15 is 0 Å². The first-order valence-corrected chi connectivity index (χ1v) is 5.31. The highest BCUT2D eigenvalue weighted by atomic mass is 16.3. The van der Waals surface area contributed by atoms with Gasteiger partial charge in [0.05, 0.1) is 6.10 Å². The molecular weight excluding hydrogens is 160 g/mol. The first-order valence-electron chi connectivity index (χ1n) is 5.31. The van der Waals surface area contributed by atoms with Crippen LogP contribution in [0.25, 0.3) is 0 Å². The SMILES string of the molecule is CC#CCC(O)C1CCC(C)CC1. The minimum atomic E-state index is -0.181. The number of aliphatic hydroxyl groups excluding tert-OH is 1. The molecule has 1 N–H and O–H groups in total. The average Bonchev–Trinajstić information content (AvgIpc) is 2.15. The molecule has 1 unspecified atom stereocenters. The lowest BCUT2D eigenvalue weighted by atomic mass is 9.79. The van der Waals surface area contributed by atoms with Gasteiger partial charge in [-0.1, -0.05) is 19.8 Å². The van der Waals surface area contributed by atoms with Gasteiger partial charge in [0.15, 0.2) is 0 Å². The van der Waals surface area contributed by atoms with E-state index in [0.29, 0.717) is 12.3 Å². The third kappa shape index (κ3) is 3.40. The Balaban J connectivity index is 2.29. The molecule has 1 nitrogen and oxygen atoms in total. The third-order valence-corrected chi connectivity index (χ3v) is 3.09. The molecule has 74 valence electrons. The fourth-order valence-electron chi connectivity index (χ4n) is 2.04. The Hall–Kier alpha value is -0.480. The summed E-state index contributed by atoms with van der Waals surface area (Å²) in [5.74, 6) is 7.17. The monoisotopic (exact) mass is 180 g/mol. The lowest BCUT2D eigenvalue weighted by Gasteiger charge is -2.28. The smallest absolute Gasteiger partial charge is 0.0677 e. The predicted octanol–water partition coefficient (Wildman–Crippen LogP) is 2.59. The minimum absolute atomic E-state index is 0.181. The lowest BCUT2D eigenvalue weighted by molar-refractivity contribution is 0.0799. The molecule has 0 amide bonds. The minimum Gasteiger partial charge on any atom is -0.392 e. The Morgan fingerprint density at radius 2 is 1.92 bits per heavy atom. The van der Waals surface area contributed by atoms with Gasteiger partial charge in [0, 0.05) is 6.42 Å². The number of aliphatic hydroxyl groups is 1. The molecule has 0 aromatic carbocycles. The molecule has 1 atom stereocenters. The Labute approximate surface area is 81.5 Å². The van der Waals surface area contributed by atoms with E-state index in [-0.39, 0.29) is 6.10 Å². The molecule has 1 saturated carbocycles. The maximum Gasteiger partial charge on any atom is 0.0677 e. The second-order valence-electron chi connectivity index (χ2n) is 4.22. The normalized spacial score (nSPS) is 30.4. The molecule has 0 bridgehead atoms. The van der Waals surface area contributed by atoms with Crippen molar-refractivity contribution < 1.29 is 5.11 Å². The lowest BCUT2D eigenvalue weighted by Crippen LogP contribution is -2.24. The number of hydrogen-bond donors (Lipinski definition) is 1. The molecule has 0 aromatic rings. The maximum absolute atomic E-state index is 9.79. The first-order chi connectivity index (χ1) is 6.24. The van der Waals surface area contributed by atoms with Gasteiger partial charge in [-0.3, -0.25) is 0 Å². The van der Waals surface area contributed by atoms with Gasteiger partial charge in [-0.25, -0.2) is 0 Å². The fourth-order valence-corrected chi connectivity index (χ4v) is 2.04. The van der Waals surface area contributed by atoms with Crippen molar-refractivity contribution in [2.24, 2.45) is 11.8 Å². The van der Waals surface area contributed by atoms with E-state index in [1.807, 2.05) is 6.92 Å². The number of hydrogen-bond acceptors (Lipinski definition) is 1. The molecule has 1 rings (SSSR count). The highest BCUT2D eigenvalue weighted by Crippen LogP contribution is 2.31. The van der Waals surface area contributed by atoms with Gasteiger partial charge in [0.1, 0.15) is 0 Å². The van der Waals surface area contributed by atoms with Crippen LogP contribution in [0.1, 0.15) is 46.0 Å². The predicted molar refractivity (Wildman–Crippen MR) is 55.2 cm³/mol. The third-order valence-electron chi connectivity index (χ3n) is 3.09. The van der Waals surface area contributed by atoms with E-state index in [1.165, 1.54) is 25.7 Å². The van der Waals surface area contributed by atoms with Gasteiger partial charge >= 0.3 is 0 Å². The Morgan fingerprint density at radius 3 is 2.46 bits per heavy atom. The van der Waals surface area contributed by atoms with Crippen LogP contribution in [0.15, 0.2) is 0 Å². The van der Waals surface area contributed by atoms with Crippen LogP contribution in [0.4, 0.5) is 0 Å². The van der Waals surface area contributed by atoms with E-state index in [4.69, 9.17) is 0 Å². The van der Waals surface area contributed by atoms with E-state index in [2.05, 4.69) is 18.8 Å². The van der Waals surface area contributed by atoms with Crippen molar-refractivity contribution in [3.8, 4) is 11.8 Å². The molecular formula is C12H20O. The highest BCUT2D eigenvalue weighted by Gasteiger charge is 2.23. The zero-order chi connectivity index (χ0) is 9.68. The van der Waals surface area contributed by atoms with Crippen molar-refractivity contribution >= 4 is 0 Å². The molecule has 0 aromatic heterocycles. The van der Waals surface area contributed by atoms with E-state index < -0.39 is 0 Å². The maximum atomic E-state index is 9.79. The summed E-state index contributed by atoms with van der Waals surface area (Å²) in [7, 11) is 0. The molecule has 0 heterocycles. The van der Waals surface area contributed by atoms with Crippen LogP contribution in [0.3, 0.4) is 0 Å². The van der Waals surface area contributed by atoms with Crippen LogP contribution in [0, 0.1) is 23.7 Å². The Kier molecular flexibility index (Phi) is 4.32. The summed E-state index contributed by atoms with van der Waals surface area (Å²) in [6, 6.07) is 0. The van der Waals surface area contributed by atoms with Gasteiger partial charge < -0.3 is 5.11 Å². The van der Waals surface area contributed by atoms with Crippen molar-refractivity contribution in [1.29, 1.82) is 0 Å². The van der Waals surface area contributed by atoms with E-state index in [0.717, 1.165) is 5.92 Å². The van der Waals surface area contributed by atoms with Crippen molar-refractivity contribution in [2.75, 3.05) is 0 Å². The second-order valence-corrected chi connectivity index (χ2v) is 4.22. The summed E-state index contributed by atoms with van der Waals surface area (Å²) >= 11 is 0. The molecule has 0 spiro atoms. The highest BCUT2D eigenvalue weighted by molar-refractivity contribution is 4.97. The molecule has 13 heavy (non-hydrogen) atoms. The molecule has 0 saturated heterocycles. The first kappa shape index (κ1) is 10.6. The van der Waals surface area contributed by atoms with Gasteiger partial charge in [-0.15, -0.1) is 11.8 Å². The average molecular weight is 180 g/mol. The summed E-state index contributed by atoms with van der Waals surface area (Å²) in [5, 5.41) is 9.79. The van der Waals surface area contributed by atoms with Crippen LogP contribution in [0.5, 0.6) is 0 Å². The van der Waals surface area contributed by atoms with Gasteiger partial charge in [-0.05, 0) is 31.6 Å². The summed E-state index contributed by atoms with van der Waals surface area (Å²) in [5.41, 5.74) is 0. The molecule has 1 aliphatic carbocycles. The summed E-state index contributed by atoms with van der Waals surface area (Å²) < 4.78 is 0. The van der Waals surface area contributed by atoms with Crippen LogP contribution in [-0.4, -0.2) is 11.2 Å². The zero-order valence-electron chi connectivity index (χ0n) is 8.71. The van der Waals surface area contributed by atoms with Crippen molar-refractivity contribution in [1.82, 2.24) is 0 Å². The van der Waals surface area contributed by atoms with Crippen LogP contribution < -0.4 is 0 Å². The fraction of sp³-hybridized carbons (Fsp3) is 0.833. The van der Waals surface area contributed by atoms with Crippen LogP contribution >= 0.6 is 0 Å². The Bertz CT molecular complexity index is 191. The summed E-state index contributed by atoms with van der Waals surface area (Å²) in [4.78, 5) is 0. The second kappa shape index (κ2) is 5.29. The van der Waals surface area contributed by atoms with Crippen molar-refractivity contribution in [2.45, 2.75) is 52.1 Å². The number of rotatable bonds is 2. The molecule has 1 aliphatic rings. The quantitative estimate of drug-likeness (QED) is 0.648. The van der Waals surface area contributed by atoms with Gasteiger partial charge in [0.2, 0.25) is 0 Å². The molecule has 1 heteroatoms. The standard InChI is InChI=1S/C12H20O/c1-3-4-5-12(13)11-8-6-10(2)7-9-11/h10-13H,5-9H2,1-2H3. The van der Waals surface area contributed by atoms with Crippen LogP contribution in [0.2, 0.25) is 0 Å². The zero-order valence-corrected chi connectivity index (χ0v) is 8.71. The van der Waals surface area contributed by atoms with Gasteiger partial charge in [0.25, 0.3) is 0 Å².